The number of rotatable bonds is 5. The summed E-state index contributed by atoms with van der Waals surface area (Å²) in [5, 5.41) is 14.1. The third kappa shape index (κ3) is 4.35. The van der Waals surface area contributed by atoms with Crippen LogP contribution < -0.4 is 10.6 Å². The lowest BCUT2D eigenvalue weighted by Crippen LogP contribution is -2.37. The Morgan fingerprint density at radius 2 is 1.89 bits per heavy atom. The molecule has 1 aliphatic carbocycles. The second kappa shape index (κ2) is 6.98. The predicted molar refractivity (Wildman–Crippen MR) is 64.8 cm³/mol. The van der Waals surface area contributed by atoms with Gasteiger partial charge in [-0.25, -0.2) is 0 Å². The summed E-state index contributed by atoms with van der Waals surface area (Å²) in [4.78, 5) is 33.7. The Bertz CT molecular complexity index is 330. The van der Waals surface area contributed by atoms with E-state index in [4.69, 9.17) is 5.11 Å². The predicted octanol–water partition coefficient (Wildman–Crippen LogP) is 0.130. The second-order valence-electron chi connectivity index (χ2n) is 4.61. The minimum Gasteiger partial charge on any atom is -0.481 e. The van der Waals surface area contributed by atoms with Crippen LogP contribution in [-0.4, -0.2) is 36.5 Å². The maximum Gasteiger partial charge on any atom is 0.306 e. The van der Waals surface area contributed by atoms with Crippen LogP contribution >= 0.6 is 0 Å². The summed E-state index contributed by atoms with van der Waals surface area (Å²) in [7, 11) is 1.54. The first-order valence-electron chi connectivity index (χ1n) is 6.25. The van der Waals surface area contributed by atoms with Gasteiger partial charge in [0.2, 0.25) is 11.8 Å². The lowest BCUT2D eigenvalue weighted by molar-refractivity contribution is -0.144. The normalized spacial score (nSPS) is 23.2. The van der Waals surface area contributed by atoms with Crippen molar-refractivity contribution in [2.75, 3.05) is 13.6 Å². The summed E-state index contributed by atoms with van der Waals surface area (Å²) in [6.07, 6.45) is 2.80. The first kappa shape index (κ1) is 14.5. The number of carbonyl (C=O) groups is 3. The Labute approximate surface area is 106 Å². The van der Waals surface area contributed by atoms with E-state index in [1.165, 1.54) is 0 Å². The highest BCUT2D eigenvalue weighted by molar-refractivity contribution is 5.81. The number of nitrogens with one attached hydrogen (secondary N) is 2. The topological polar surface area (TPSA) is 95.5 Å². The minimum atomic E-state index is -0.821. The number of carbonyl (C=O) groups excluding carboxylic acids is 2. The third-order valence-electron chi connectivity index (χ3n) is 3.32. The van der Waals surface area contributed by atoms with Gasteiger partial charge in [0.1, 0.15) is 0 Å². The molecule has 0 aliphatic heterocycles. The minimum absolute atomic E-state index is 0.123. The quantitative estimate of drug-likeness (QED) is 0.651. The molecule has 3 N–H and O–H groups in total. The number of hydrogen-bond acceptors (Lipinski definition) is 3. The molecular weight excluding hydrogens is 236 g/mol. The van der Waals surface area contributed by atoms with Gasteiger partial charge in [0.05, 0.1) is 5.92 Å². The van der Waals surface area contributed by atoms with Crippen molar-refractivity contribution in [1.29, 1.82) is 0 Å². The first-order chi connectivity index (χ1) is 8.54. The Hall–Kier alpha value is -1.59. The molecule has 2 unspecified atom stereocenters. The Balaban J connectivity index is 2.32. The SMILES string of the molecule is CNC(=O)CCNC(=O)C1CCCC(C(=O)O)C1. The molecule has 2 amide bonds. The van der Waals surface area contributed by atoms with E-state index in [0.717, 1.165) is 12.8 Å². The van der Waals surface area contributed by atoms with E-state index >= 15 is 0 Å². The number of carboxylic acids is 1. The van der Waals surface area contributed by atoms with Crippen LogP contribution in [0.25, 0.3) is 0 Å². The summed E-state index contributed by atoms with van der Waals surface area (Å²) in [6.45, 7) is 0.298. The van der Waals surface area contributed by atoms with E-state index < -0.39 is 11.9 Å². The van der Waals surface area contributed by atoms with E-state index in [1.807, 2.05) is 0 Å². The van der Waals surface area contributed by atoms with Crippen LogP contribution in [0.4, 0.5) is 0 Å². The largest absolute Gasteiger partial charge is 0.481 e. The van der Waals surface area contributed by atoms with E-state index in [2.05, 4.69) is 10.6 Å². The van der Waals surface area contributed by atoms with Crippen LogP contribution in [-0.2, 0) is 14.4 Å². The van der Waals surface area contributed by atoms with E-state index in [1.54, 1.807) is 7.05 Å². The highest BCUT2D eigenvalue weighted by Crippen LogP contribution is 2.29. The fraction of sp³-hybridized carbons (Fsp3) is 0.750. The molecule has 0 aromatic heterocycles. The average Bonchev–Trinajstić information content (AvgIpc) is 2.38. The molecule has 0 spiro atoms. The monoisotopic (exact) mass is 256 g/mol. The van der Waals surface area contributed by atoms with Gasteiger partial charge in [-0.3, -0.25) is 14.4 Å². The van der Waals surface area contributed by atoms with Crippen molar-refractivity contribution < 1.29 is 19.5 Å². The Morgan fingerprint density at radius 3 is 2.50 bits per heavy atom. The molecule has 0 aromatic carbocycles. The zero-order valence-electron chi connectivity index (χ0n) is 10.6. The van der Waals surface area contributed by atoms with Gasteiger partial charge in [0, 0.05) is 25.9 Å². The van der Waals surface area contributed by atoms with Crippen LogP contribution in [0.15, 0.2) is 0 Å². The zero-order valence-corrected chi connectivity index (χ0v) is 10.6. The van der Waals surface area contributed by atoms with Crippen molar-refractivity contribution in [3.63, 3.8) is 0 Å². The molecule has 1 saturated carbocycles. The molecule has 6 nitrogen and oxygen atoms in total. The van der Waals surface area contributed by atoms with Crippen molar-refractivity contribution >= 4 is 17.8 Å². The van der Waals surface area contributed by atoms with Crippen molar-refractivity contribution in [1.82, 2.24) is 10.6 Å². The van der Waals surface area contributed by atoms with E-state index in [-0.39, 0.29) is 24.2 Å². The molecule has 1 fully saturated rings. The van der Waals surface area contributed by atoms with Gasteiger partial charge >= 0.3 is 5.97 Å². The van der Waals surface area contributed by atoms with Crippen molar-refractivity contribution in [2.45, 2.75) is 32.1 Å². The van der Waals surface area contributed by atoms with Crippen molar-refractivity contribution in [3.8, 4) is 0 Å². The summed E-state index contributed by atoms with van der Waals surface area (Å²) in [5.41, 5.74) is 0. The lowest BCUT2D eigenvalue weighted by atomic mass is 9.81. The summed E-state index contributed by atoms with van der Waals surface area (Å²) < 4.78 is 0. The molecule has 102 valence electrons. The summed E-state index contributed by atoms with van der Waals surface area (Å²) >= 11 is 0. The first-order valence-corrected chi connectivity index (χ1v) is 6.25. The van der Waals surface area contributed by atoms with E-state index in [0.29, 0.717) is 19.4 Å². The summed E-state index contributed by atoms with van der Waals surface area (Å²) in [6, 6.07) is 0. The van der Waals surface area contributed by atoms with Crippen LogP contribution in [0, 0.1) is 11.8 Å². The van der Waals surface area contributed by atoms with Gasteiger partial charge in [-0.1, -0.05) is 6.42 Å². The molecule has 0 aromatic rings. The summed E-state index contributed by atoms with van der Waals surface area (Å²) in [5.74, 6) is -1.72. The van der Waals surface area contributed by atoms with Crippen LogP contribution in [0.5, 0.6) is 0 Å². The molecule has 0 saturated heterocycles. The van der Waals surface area contributed by atoms with Gasteiger partial charge in [0.15, 0.2) is 0 Å². The molecule has 0 bridgehead atoms. The fourth-order valence-electron chi connectivity index (χ4n) is 2.22. The number of amides is 2. The molecule has 0 radical (unpaired) electrons. The number of hydrogen-bond donors (Lipinski definition) is 3. The van der Waals surface area contributed by atoms with Gasteiger partial charge in [0.25, 0.3) is 0 Å². The van der Waals surface area contributed by atoms with Crippen LogP contribution in [0.3, 0.4) is 0 Å². The van der Waals surface area contributed by atoms with E-state index in [9.17, 15) is 14.4 Å². The smallest absolute Gasteiger partial charge is 0.306 e. The Morgan fingerprint density at radius 1 is 1.22 bits per heavy atom. The van der Waals surface area contributed by atoms with Crippen molar-refractivity contribution in [3.05, 3.63) is 0 Å². The molecule has 2 atom stereocenters. The highest BCUT2D eigenvalue weighted by atomic mass is 16.4. The maximum atomic E-state index is 11.8. The van der Waals surface area contributed by atoms with Crippen molar-refractivity contribution in [2.24, 2.45) is 11.8 Å². The van der Waals surface area contributed by atoms with Gasteiger partial charge < -0.3 is 15.7 Å². The maximum absolute atomic E-state index is 11.8. The average molecular weight is 256 g/mol. The molecule has 6 heteroatoms. The number of carboxylic acid groups (broad SMARTS) is 1. The standard InChI is InChI=1S/C12H20N2O4/c1-13-10(15)5-6-14-11(16)8-3-2-4-9(7-8)12(17)18/h8-9H,2-7H2,1H3,(H,13,15)(H,14,16)(H,17,18). The lowest BCUT2D eigenvalue weighted by Gasteiger charge is -2.25. The third-order valence-corrected chi connectivity index (χ3v) is 3.32. The molecular formula is C12H20N2O4. The molecule has 1 rings (SSSR count). The second-order valence-corrected chi connectivity index (χ2v) is 4.61. The number of aliphatic carboxylic acids is 1. The molecule has 18 heavy (non-hydrogen) atoms. The molecule has 1 aliphatic rings. The zero-order chi connectivity index (χ0) is 13.5. The molecule has 0 heterocycles. The highest BCUT2D eigenvalue weighted by Gasteiger charge is 2.30. The van der Waals surface area contributed by atoms with Crippen LogP contribution in [0.2, 0.25) is 0 Å². The van der Waals surface area contributed by atoms with Gasteiger partial charge in [-0.15, -0.1) is 0 Å². The van der Waals surface area contributed by atoms with Gasteiger partial charge in [-0.05, 0) is 19.3 Å². The fourth-order valence-corrected chi connectivity index (χ4v) is 2.22. The van der Waals surface area contributed by atoms with Crippen LogP contribution in [0.1, 0.15) is 32.1 Å². The van der Waals surface area contributed by atoms with Gasteiger partial charge in [-0.2, -0.15) is 0 Å². The Kier molecular flexibility index (Phi) is 5.61.